The second kappa shape index (κ2) is 8.91. The Morgan fingerprint density at radius 3 is 2.19 bits per heavy atom. The van der Waals surface area contributed by atoms with Crippen molar-refractivity contribution in [3.63, 3.8) is 0 Å². The zero-order chi connectivity index (χ0) is 20.1. The molecule has 0 unspecified atom stereocenters. The number of halogens is 1. The molecule has 3 N–H and O–H groups in total. The molecule has 144 valence electrons. The summed E-state index contributed by atoms with van der Waals surface area (Å²) in [6.07, 6.45) is 0. The molecule has 0 radical (unpaired) electrons. The summed E-state index contributed by atoms with van der Waals surface area (Å²) in [7, 11) is 0. The van der Waals surface area contributed by atoms with Gasteiger partial charge >= 0.3 is 0 Å². The first-order valence-electron chi connectivity index (χ1n) is 8.85. The van der Waals surface area contributed by atoms with Gasteiger partial charge in [-0.2, -0.15) is 0 Å². The predicted molar refractivity (Wildman–Crippen MR) is 109 cm³/mol. The van der Waals surface area contributed by atoms with Crippen LogP contribution >= 0.6 is 11.6 Å². The van der Waals surface area contributed by atoms with Gasteiger partial charge in [0, 0.05) is 10.7 Å². The van der Waals surface area contributed by atoms with E-state index in [1.54, 1.807) is 6.07 Å². The topological polar surface area (TPSA) is 81.4 Å². The lowest BCUT2D eigenvalue weighted by atomic mass is 9.92. The van der Waals surface area contributed by atoms with E-state index in [2.05, 4.69) is 33.0 Å². The summed E-state index contributed by atoms with van der Waals surface area (Å²) in [5.41, 5.74) is 8.44. The molecule has 2 rings (SSSR count). The number of anilines is 1. The highest BCUT2D eigenvalue weighted by molar-refractivity contribution is 6.31. The van der Waals surface area contributed by atoms with Crippen molar-refractivity contribution in [2.24, 2.45) is 5.73 Å². The smallest absolute Gasteiger partial charge is 0.262 e. The molecule has 6 heteroatoms. The maximum Gasteiger partial charge on any atom is 0.262 e. The molecule has 0 aliphatic heterocycles. The average Bonchev–Trinajstić information content (AvgIpc) is 2.60. The predicted octanol–water partition coefficient (Wildman–Crippen LogP) is 4.70. The van der Waals surface area contributed by atoms with Crippen molar-refractivity contribution in [2.45, 2.75) is 39.5 Å². The minimum atomic E-state index is -0.667. The van der Waals surface area contributed by atoms with E-state index in [1.807, 2.05) is 18.2 Å². The molecular formula is C21H25ClN2O3. The largest absolute Gasteiger partial charge is 0.483 e. The summed E-state index contributed by atoms with van der Waals surface area (Å²) in [6.45, 7) is 8.08. The summed E-state index contributed by atoms with van der Waals surface area (Å²) in [5.74, 6) is -0.228. The Balaban J connectivity index is 2.19. The molecule has 0 aromatic heterocycles. The number of para-hydroxylation sites is 1. The summed E-state index contributed by atoms with van der Waals surface area (Å²) in [6, 6.07) is 10.5. The van der Waals surface area contributed by atoms with E-state index in [-0.39, 0.29) is 35.7 Å². The maximum absolute atomic E-state index is 12.5. The van der Waals surface area contributed by atoms with Gasteiger partial charge < -0.3 is 15.8 Å². The van der Waals surface area contributed by atoms with Crippen molar-refractivity contribution in [1.29, 1.82) is 0 Å². The zero-order valence-electron chi connectivity index (χ0n) is 16.0. The minimum absolute atomic E-state index is 0.140. The third-order valence-electron chi connectivity index (χ3n) is 4.20. The van der Waals surface area contributed by atoms with Crippen LogP contribution in [0.3, 0.4) is 0 Å². The van der Waals surface area contributed by atoms with Gasteiger partial charge in [-0.25, -0.2) is 0 Å². The van der Waals surface area contributed by atoms with Gasteiger partial charge in [0.25, 0.3) is 11.8 Å². The van der Waals surface area contributed by atoms with Gasteiger partial charge in [-0.3, -0.25) is 9.59 Å². The van der Waals surface area contributed by atoms with Gasteiger partial charge in [0.2, 0.25) is 0 Å². The SMILES string of the molecule is CC(C)c1cccc(C(C)C)c1NC(=O)COc1ccc(Cl)cc1C(N)=O. The van der Waals surface area contributed by atoms with Crippen molar-refractivity contribution in [3.05, 3.63) is 58.1 Å². The molecule has 0 aliphatic rings. The lowest BCUT2D eigenvalue weighted by Crippen LogP contribution is -2.23. The molecule has 2 amide bonds. The molecule has 0 saturated carbocycles. The van der Waals surface area contributed by atoms with Crippen molar-refractivity contribution in [3.8, 4) is 5.75 Å². The van der Waals surface area contributed by atoms with Crippen LogP contribution < -0.4 is 15.8 Å². The summed E-state index contributed by atoms with van der Waals surface area (Å²) in [5, 5.41) is 3.33. The van der Waals surface area contributed by atoms with E-state index in [4.69, 9.17) is 22.1 Å². The molecule has 2 aromatic carbocycles. The average molecular weight is 389 g/mol. The van der Waals surface area contributed by atoms with Crippen LogP contribution in [0.4, 0.5) is 5.69 Å². The van der Waals surface area contributed by atoms with E-state index in [0.717, 1.165) is 16.8 Å². The first kappa shape index (κ1) is 20.8. The van der Waals surface area contributed by atoms with Crippen molar-refractivity contribution >= 4 is 29.1 Å². The van der Waals surface area contributed by atoms with E-state index < -0.39 is 5.91 Å². The standard InChI is InChI=1S/C21H25ClN2O3/c1-12(2)15-6-5-7-16(13(3)4)20(15)24-19(25)11-27-18-9-8-14(22)10-17(18)21(23)26/h5-10,12-13H,11H2,1-4H3,(H2,23,26)(H,24,25). The number of carbonyl (C=O) groups is 2. The molecule has 27 heavy (non-hydrogen) atoms. The number of hydrogen-bond acceptors (Lipinski definition) is 3. The second-order valence-electron chi connectivity index (χ2n) is 6.96. The lowest BCUT2D eigenvalue weighted by Gasteiger charge is -2.20. The fourth-order valence-corrected chi connectivity index (χ4v) is 3.01. The molecule has 0 heterocycles. The monoisotopic (exact) mass is 388 g/mol. The van der Waals surface area contributed by atoms with Gasteiger partial charge in [-0.05, 0) is 41.2 Å². The molecule has 0 saturated heterocycles. The highest BCUT2D eigenvalue weighted by Crippen LogP contribution is 2.32. The first-order valence-corrected chi connectivity index (χ1v) is 9.23. The maximum atomic E-state index is 12.5. The van der Waals surface area contributed by atoms with Crippen LogP contribution in [-0.4, -0.2) is 18.4 Å². The molecule has 0 fully saturated rings. The van der Waals surface area contributed by atoms with E-state index >= 15 is 0 Å². The molecule has 5 nitrogen and oxygen atoms in total. The zero-order valence-corrected chi connectivity index (χ0v) is 16.8. The molecule has 0 bridgehead atoms. The third-order valence-corrected chi connectivity index (χ3v) is 4.44. The van der Waals surface area contributed by atoms with Gasteiger partial charge in [-0.1, -0.05) is 57.5 Å². The lowest BCUT2D eigenvalue weighted by molar-refractivity contribution is -0.118. The Morgan fingerprint density at radius 1 is 1.07 bits per heavy atom. The van der Waals surface area contributed by atoms with Crippen LogP contribution in [-0.2, 0) is 4.79 Å². The number of benzene rings is 2. The van der Waals surface area contributed by atoms with Crippen LogP contribution in [0.5, 0.6) is 5.75 Å². The number of hydrogen-bond donors (Lipinski definition) is 2. The molecular weight excluding hydrogens is 364 g/mol. The molecule has 0 atom stereocenters. The number of rotatable bonds is 7. The number of ether oxygens (including phenoxy) is 1. The van der Waals surface area contributed by atoms with Gasteiger partial charge in [0.1, 0.15) is 5.75 Å². The van der Waals surface area contributed by atoms with E-state index in [1.165, 1.54) is 12.1 Å². The second-order valence-corrected chi connectivity index (χ2v) is 7.40. The van der Waals surface area contributed by atoms with Crippen LogP contribution in [0, 0.1) is 0 Å². The van der Waals surface area contributed by atoms with Crippen molar-refractivity contribution in [1.82, 2.24) is 0 Å². The summed E-state index contributed by atoms with van der Waals surface area (Å²) in [4.78, 5) is 24.0. The highest BCUT2D eigenvalue weighted by atomic mass is 35.5. The Hall–Kier alpha value is -2.53. The fourth-order valence-electron chi connectivity index (χ4n) is 2.83. The van der Waals surface area contributed by atoms with Crippen LogP contribution in [0.15, 0.2) is 36.4 Å². The minimum Gasteiger partial charge on any atom is -0.483 e. The van der Waals surface area contributed by atoms with Crippen LogP contribution in [0.25, 0.3) is 0 Å². The van der Waals surface area contributed by atoms with Crippen LogP contribution in [0.2, 0.25) is 5.02 Å². The molecule has 2 aromatic rings. The summed E-state index contributed by atoms with van der Waals surface area (Å²) >= 11 is 5.88. The first-order chi connectivity index (χ1) is 12.7. The summed E-state index contributed by atoms with van der Waals surface area (Å²) < 4.78 is 5.52. The van der Waals surface area contributed by atoms with Crippen LogP contribution in [0.1, 0.15) is 61.0 Å². The Labute approximate surface area is 164 Å². The Morgan fingerprint density at radius 2 is 1.67 bits per heavy atom. The molecule has 0 aliphatic carbocycles. The van der Waals surface area contributed by atoms with Crippen molar-refractivity contribution in [2.75, 3.05) is 11.9 Å². The van der Waals surface area contributed by atoms with Gasteiger partial charge in [-0.15, -0.1) is 0 Å². The van der Waals surface area contributed by atoms with Gasteiger partial charge in [0.15, 0.2) is 6.61 Å². The quantitative estimate of drug-likeness (QED) is 0.721. The van der Waals surface area contributed by atoms with Gasteiger partial charge in [0.05, 0.1) is 5.56 Å². The Bertz CT molecular complexity index is 821. The van der Waals surface area contributed by atoms with E-state index in [9.17, 15) is 9.59 Å². The van der Waals surface area contributed by atoms with Crippen molar-refractivity contribution < 1.29 is 14.3 Å². The van der Waals surface area contributed by atoms with E-state index in [0.29, 0.717) is 5.02 Å². The normalized spacial score (nSPS) is 10.9. The number of nitrogens with two attached hydrogens (primary N) is 1. The number of primary amides is 1. The Kier molecular flexibility index (Phi) is 6.86. The molecule has 0 spiro atoms. The fraction of sp³-hybridized carbons (Fsp3) is 0.333. The number of carbonyl (C=O) groups excluding carboxylic acids is 2. The number of amides is 2. The third kappa shape index (κ3) is 5.23. The highest BCUT2D eigenvalue weighted by Gasteiger charge is 2.17. The number of nitrogens with one attached hydrogen (secondary N) is 1.